The molecule has 3 heteroatoms. The number of hydrogen-bond donors (Lipinski definition) is 1. The smallest absolute Gasteiger partial charge is 0.139 e. The first kappa shape index (κ1) is 21.4. The molecule has 1 N–H and O–H groups in total. The number of benzene rings is 2. The van der Waals surface area contributed by atoms with Gasteiger partial charge in [-0.3, -0.25) is 0 Å². The quantitative estimate of drug-likeness (QED) is 0.504. The Bertz CT molecular complexity index is 1110. The summed E-state index contributed by atoms with van der Waals surface area (Å²) in [5, 5.41) is 1.38. The normalized spacial score (nSPS) is 18.9. The fourth-order valence-corrected chi connectivity index (χ4v) is 6.25. The lowest BCUT2D eigenvalue weighted by molar-refractivity contribution is 0.252. The summed E-state index contributed by atoms with van der Waals surface area (Å²) in [6.45, 7) is 7.58. The number of aryl methyl sites for hydroxylation is 2. The topological polar surface area (TPSA) is 19.0 Å². The Morgan fingerprint density at radius 2 is 1.97 bits per heavy atom. The predicted molar refractivity (Wildman–Crippen MR) is 140 cm³/mol. The first-order chi connectivity index (χ1) is 15.7. The minimum Gasteiger partial charge on any atom is -0.371 e. The summed E-state index contributed by atoms with van der Waals surface area (Å²) in [4.78, 5) is 5.97. The van der Waals surface area contributed by atoms with Crippen LogP contribution in [0.4, 0.5) is 0 Å². The molecule has 166 valence electrons. The van der Waals surface area contributed by atoms with Gasteiger partial charge in [0.05, 0.1) is 6.04 Å². The Morgan fingerprint density at radius 1 is 1.12 bits per heavy atom. The number of aromatic amines is 1. The van der Waals surface area contributed by atoms with Crippen LogP contribution in [-0.2, 0) is 25.7 Å². The molecular weight excluding hydrogens is 387 g/mol. The summed E-state index contributed by atoms with van der Waals surface area (Å²) in [5.74, 6) is 0.894. The molecule has 0 bridgehead atoms. The lowest BCUT2D eigenvalue weighted by Crippen LogP contribution is -2.32. The van der Waals surface area contributed by atoms with Crippen LogP contribution in [0.25, 0.3) is 10.9 Å². The van der Waals surface area contributed by atoms with Crippen molar-refractivity contribution in [2.75, 3.05) is 6.54 Å². The maximum Gasteiger partial charge on any atom is 0.139 e. The van der Waals surface area contributed by atoms with Crippen LogP contribution in [0.2, 0.25) is 0 Å². The molecular formula is C29H37BN2. The Morgan fingerprint density at radius 3 is 2.75 bits per heavy atom. The van der Waals surface area contributed by atoms with Crippen LogP contribution in [0.5, 0.6) is 0 Å². The summed E-state index contributed by atoms with van der Waals surface area (Å²) in [7, 11) is 2.18. The van der Waals surface area contributed by atoms with E-state index in [-0.39, 0.29) is 0 Å². The van der Waals surface area contributed by atoms with Crippen molar-refractivity contribution >= 4 is 24.2 Å². The van der Waals surface area contributed by atoms with Gasteiger partial charge in [-0.1, -0.05) is 68.9 Å². The molecule has 2 heterocycles. The monoisotopic (exact) mass is 424 g/mol. The Balaban J connectivity index is 1.44. The molecule has 1 fully saturated rings. The zero-order valence-corrected chi connectivity index (χ0v) is 19.9. The number of rotatable bonds is 7. The van der Waals surface area contributed by atoms with E-state index in [9.17, 15) is 0 Å². The van der Waals surface area contributed by atoms with E-state index in [0.717, 1.165) is 38.1 Å². The van der Waals surface area contributed by atoms with Crippen LogP contribution in [-0.4, -0.2) is 24.3 Å². The van der Waals surface area contributed by atoms with E-state index in [1.807, 2.05) is 0 Å². The molecule has 2 aliphatic rings. The van der Waals surface area contributed by atoms with Crippen molar-refractivity contribution in [3.63, 3.8) is 0 Å². The second kappa shape index (κ2) is 9.21. The molecule has 0 spiro atoms. The van der Waals surface area contributed by atoms with Crippen molar-refractivity contribution in [2.45, 2.75) is 70.8 Å². The molecule has 1 aliphatic carbocycles. The summed E-state index contributed by atoms with van der Waals surface area (Å²) in [6, 6.07) is 12.3. The molecule has 1 atom stereocenters. The minimum atomic E-state index is 0.430. The molecule has 1 aliphatic heterocycles. The van der Waals surface area contributed by atoms with Gasteiger partial charge in [0.25, 0.3) is 0 Å². The molecule has 0 amide bonds. The second-order valence-electron chi connectivity index (χ2n) is 10.1. The van der Waals surface area contributed by atoms with Crippen molar-refractivity contribution < 1.29 is 0 Å². The molecule has 1 aromatic heterocycles. The third-order valence-corrected chi connectivity index (χ3v) is 8.07. The molecule has 2 aromatic carbocycles. The fraction of sp³-hybridized carbons (Fsp3) is 0.448. The highest BCUT2D eigenvalue weighted by molar-refractivity contribution is 6.33. The molecule has 5 rings (SSSR count). The zero-order chi connectivity index (χ0) is 22.1. The highest BCUT2D eigenvalue weighted by atomic mass is 15.1. The van der Waals surface area contributed by atoms with Gasteiger partial charge >= 0.3 is 0 Å². The van der Waals surface area contributed by atoms with Crippen LogP contribution in [0.15, 0.2) is 49.3 Å². The number of hydrogen-bond acceptors (Lipinski definition) is 1. The number of aromatic nitrogens is 1. The third-order valence-electron chi connectivity index (χ3n) is 8.07. The fourth-order valence-electron chi connectivity index (χ4n) is 6.25. The van der Waals surface area contributed by atoms with Crippen molar-refractivity contribution in [1.82, 2.24) is 9.88 Å². The number of nitrogens with zero attached hydrogens (tertiary/aromatic N) is 1. The Kier molecular flexibility index (Phi) is 6.17. The van der Waals surface area contributed by atoms with Gasteiger partial charge in [-0.25, -0.2) is 0 Å². The molecule has 2 nitrogen and oxygen atoms in total. The van der Waals surface area contributed by atoms with Gasteiger partial charge < -0.3 is 9.88 Å². The Labute approximate surface area is 194 Å². The molecule has 1 unspecified atom stereocenters. The lowest BCUT2D eigenvalue weighted by Gasteiger charge is -2.37. The highest BCUT2D eigenvalue weighted by Gasteiger charge is 2.27. The van der Waals surface area contributed by atoms with E-state index in [4.69, 9.17) is 0 Å². The van der Waals surface area contributed by atoms with E-state index in [0.29, 0.717) is 6.04 Å². The van der Waals surface area contributed by atoms with Gasteiger partial charge in [0.2, 0.25) is 0 Å². The van der Waals surface area contributed by atoms with E-state index in [1.165, 1.54) is 54.0 Å². The maximum absolute atomic E-state index is 4.17. The predicted octanol–water partition coefficient (Wildman–Crippen LogP) is 5.40. The average molecular weight is 424 g/mol. The molecule has 0 radical (unpaired) electrons. The van der Waals surface area contributed by atoms with Gasteiger partial charge in [-0.15, -0.1) is 0 Å². The molecule has 0 saturated heterocycles. The first-order valence-electron chi connectivity index (χ1n) is 12.8. The number of fused-ring (bicyclic) bond motifs is 2. The SMILES string of the molecule is Bc1ccc2[nH]cc(CCC3c4cc(CC5CCCC5)c(CC)cc4CCN3C=C)c2c1. The van der Waals surface area contributed by atoms with Crippen LogP contribution in [0.1, 0.15) is 72.9 Å². The first-order valence-corrected chi connectivity index (χ1v) is 12.8. The van der Waals surface area contributed by atoms with E-state index >= 15 is 0 Å². The van der Waals surface area contributed by atoms with Gasteiger partial charge in [0.15, 0.2) is 0 Å². The van der Waals surface area contributed by atoms with Gasteiger partial charge in [0, 0.05) is 23.6 Å². The van der Waals surface area contributed by atoms with Crippen LogP contribution in [0, 0.1) is 5.92 Å². The van der Waals surface area contributed by atoms with Crippen LogP contribution >= 0.6 is 0 Å². The van der Waals surface area contributed by atoms with E-state index in [2.05, 4.69) is 74.0 Å². The van der Waals surface area contributed by atoms with E-state index in [1.54, 1.807) is 22.3 Å². The Hall–Kier alpha value is -2.42. The standard InChI is InChI=1S/C29H37BN2/c1-3-21-16-22-13-14-32(4-2)29(27(22)17-24(21)15-20-7-5-6-8-20)12-9-23-19-31-28-11-10-25(30)18-26(23)28/h4,10-11,16-20,29,31H,2-3,5-9,12-15,30H2,1H3. The van der Waals surface area contributed by atoms with Crippen molar-refractivity contribution in [2.24, 2.45) is 5.92 Å². The zero-order valence-electron chi connectivity index (χ0n) is 19.9. The summed E-state index contributed by atoms with van der Waals surface area (Å²) < 4.78 is 0. The van der Waals surface area contributed by atoms with Gasteiger partial charge in [-0.2, -0.15) is 0 Å². The van der Waals surface area contributed by atoms with E-state index < -0.39 is 0 Å². The van der Waals surface area contributed by atoms with Crippen molar-refractivity contribution in [1.29, 1.82) is 0 Å². The maximum atomic E-state index is 4.17. The molecule has 1 saturated carbocycles. The van der Waals surface area contributed by atoms with Gasteiger partial charge in [-0.05, 0) is 78.1 Å². The van der Waals surface area contributed by atoms with Crippen molar-refractivity contribution in [3.8, 4) is 0 Å². The number of nitrogens with one attached hydrogen (secondary N) is 1. The van der Waals surface area contributed by atoms with Gasteiger partial charge in [0.1, 0.15) is 7.85 Å². The lowest BCUT2D eigenvalue weighted by atomic mass is 9.83. The summed E-state index contributed by atoms with van der Waals surface area (Å²) in [6.07, 6.45) is 15.8. The molecule has 3 aromatic rings. The van der Waals surface area contributed by atoms with Crippen LogP contribution in [0.3, 0.4) is 0 Å². The summed E-state index contributed by atoms with van der Waals surface area (Å²) >= 11 is 0. The van der Waals surface area contributed by atoms with Crippen molar-refractivity contribution in [3.05, 3.63) is 77.1 Å². The largest absolute Gasteiger partial charge is 0.371 e. The highest BCUT2D eigenvalue weighted by Crippen LogP contribution is 2.37. The summed E-state index contributed by atoms with van der Waals surface area (Å²) in [5.41, 5.74) is 10.4. The second-order valence-corrected chi connectivity index (χ2v) is 10.1. The number of H-pyrrole nitrogens is 1. The third kappa shape index (κ3) is 4.14. The average Bonchev–Trinajstić information content (AvgIpc) is 3.46. The minimum absolute atomic E-state index is 0.430. The van der Waals surface area contributed by atoms with Crippen LogP contribution < -0.4 is 5.46 Å². The molecule has 32 heavy (non-hydrogen) atoms.